The van der Waals surface area contributed by atoms with Crippen molar-refractivity contribution < 1.29 is 14.4 Å². The van der Waals surface area contributed by atoms with Gasteiger partial charge in [-0.25, -0.2) is 0 Å². The van der Waals surface area contributed by atoms with Crippen LogP contribution in [0.5, 0.6) is 0 Å². The Kier molecular flexibility index (Phi) is 2.42. The van der Waals surface area contributed by atoms with Crippen LogP contribution in [0.4, 0.5) is 0 Å². The topological polar surface area (TPSA) is 33.3 Å². The number of pyridine rings is 1. The van der Waals surface area contributed by atoms with Crippen molar-refractivity contribution in [1.82, 2.24) is 0 Å². The maximum atomic E-state index is 10.5. The minimum atomic E-state index is -1.22. The fraction of sp³-hybridized carbons (Fsp3) is 0.214. The van der Waals surface area contributed by atoms with Crippen molar-refractivity contribution in [3.8, 4) is 0 Å². The van der Waals surface area contributed by atoms with Crippen LogP contribution in [-0.2, 0) is 23.7 Å². The van der Waals surface area contributed by atoms with Gasteiger partial charge in [-0.15, -0.1) is 0 Å². The van der Waals surface area contributed by atoms with Gasteiger partial charge < -0.3 is 9.84 Å². The maximum absolute atomic E-state index is 10.5. The highest BCUT2D eigenvalue weighted by Gasteiger charge is 2.40. The molecule has 0 fully saturated rings. The molecule has 1 atom stereocenters. The first kappa shape index (κ1) is 10.4. The Balaban J connectivity index is 1.98. The Bertz CT molecular complexity index is 527. The molecule has 1 aromatic carbocycles. The van der Waals surface area contributed by atoms with Crippen LogP contribution >= 0.6 is 0 Å². The highest BCUT2D eigenvalue weighted by Crippen LogP contribution is 2.26. The SMILES string of the molecule is OC1(c2ccccc2)C[n+]2ccccc2CO1. The van der Waals surface area contributed by atoms with E-state index in [0.717, 1.165) is 11.3 Å². The quantitative estimate of drug-likeness (QED) is 0.747. The number of fused-ring (bicyclic) bond motifs is 1. The molecule has 0 aliphatic carbocycles. The number of aromatic nitrogens is 1. The predicted octanol–water partition coefficient (Wildman–Crippen LogP) is 1.35. The summed E-state index contributed by atoms with van der Waals surface area (Å²) in [6.45, 7) is 0.847. The molecule has 1 N–H and O–H groups in total. The Morgan fingerprint density at radius 3 is 2.65 bits per heavy atom. The van der Waals surface area contributed by atoms with E-state index in [1.54, 1.807) is 0 Å². The predicted molar refractivity (Wildman–Crippen MR) is 61.8 cm³/mol. The summed E-state index contributed by atoms with van der Waals surface area (Å²) in [5.74, 6) is -1.22. The summed E-state index contributed by atoms with van der Waals surface area (Å²) >= 11 is 0. The normalized spacial score (nSPS) is 23.1. The molecule has 1 aliphatic heterocycles. The summed E-state index contributed by atoms with van der Waals surface area (Å²) in [5, 5.41) is 10.5. The molecule has 86 valence electrons. The summed E-state index contributed by atoms with van der Waals surface area (Å²) in [7, 11) is 0. The molecule has 0 radical (unpaired) electrons. The van der Waals surface area contributed by atoms with E-state index in [0.29, 0.717) is 13.2 Å². The monoisotopic (exact) mass is 228 g/mol. The van der Waals surface area contributed by atoms with Crippen LogP contribution < -0.4 is 4.57 Å². The highest BCUT2D eigenvalue weighted by molar-refractivity contribution is 5.19. The minimum absolute atomic E-state index is 0.423. The molecule has 0 spiro atoms. The van der Waals surface area contributed by atoms with Crippen LogP contribution in [0.3, 0.4) is 0 Å². The molecule has 0 saturated heterocycles. The van der Waals surface area contributed by atoms with E-state index in [1.165, 1.54) is 0 Å². The molecule has 3 rings (SSSR count). The third kappa shape index (κ3) is 1.84. The molecule has 0 bridgehead atoms. The molecule has 1 aromatic heterocycles. The lowest BCUT2D eigenvalue weighted by Crippen LogP contribution is -2.54. The fourth-order valence-electron chi connectivity index (χ4n) is 2.14. The van der Waals surface area contributed by atoms with E-state index in [1.807, 2.05) is 59.3 Å². The Labute approximate surface area is 99.9 Å². The van der Waals surface area contributed by atoms with Crippen molar-refractivity contribution in [1.29, 1.82) is 0 Å². The number of hydrogen-bond acceptors (Lipinski definition) is 2. The molecular formula is C14H14NO2+. The lowest BCUT2D eigenvalue weighted by Gasteiger charge is -2.29. The second-order valence-electron chi connectivity index (χ2n) is 4.26. The van der Waals surface area contributed by atoms with Crippen molar-refractivity contribution in [2.45, 2.75) is 18.9 Å². The zero-order chi connectivity index (χ0) is 11.7. The van der Waals surface area contributed by atoms with Crippen LogP contribution in [-0.4, -0.2) is 5.11 Å². The van der Waals surface area contributed by atoms with E-state index < -0.39 is 5.79 Å². The molecule has 0 amide bonds. The zero-order valence-electron chi connectivity index (χ0n) is 9.41. The molecule has 1 aliphatic rings. The van der Waals surface area contributed by atoms with Gasteiger partial charge in [0.2, 0.25) is 12.2 Å². The van der Waals surface area contributed by atoms with Gasteiger partial charge in [0, 0.05) is 17.7 Å². The van der Waals surface area contributed by atoms with Crippen molar-refractivity contribution >= 4 is 0 Å². The first-order valence-corrected chi connectivity index (χ1v) is 5.67. The number of hydrogen-bond donors (Lipinski definition) is 1. The van der Waals surface area contributed by atoms with Crippen molar-refractivity contribution in [3.05, 3.63) is 66.0 Å². The summed E-state index contributed by atoms with van der Waals surface area (Å²) in [6, 6.07) is 15.4. The van der Waals surface area contributed by atoms with Crippen LogP contribution in [0.2, 0.25) is 0 Å². The van der Waals surface area contributed by atoms with Gasteiger partial charge in [0.15, 0.2) is 6.20 Å². The minimum Gasteiger partial charge on any atom is -0.357 e. The van der Waals surface area contributed by atoms with Gasteiger partial charge in [0.05, 0.1) is 0 Å². The molecule has 2 aromatic rings. The standard InChI is InChI=1S/C14H14NO2/c16-14(12-6-2-1-3-7-12)11-15-9-5-4-8-13(15)10-17-14/h1-9,16H,10-11H2/q+1. The van der Waals surface area contributed by atoms with E-state index >= 15 is 0 Å². The van der Waals surface area contributed by atoms with Crippen LogP contribution in [0.25, 0.3) is 0 Å². The van der Waals surface area contributed by atoms with E-state index in [2.05, 4.69) is 0 Å². The third-order valence-electron chi connectivity index (χ3n) is 3.10. The van der Waals surface area contributed by atoms with Gasteiger partial charge in [-0.3, -0.25) is 0 Å². The van der Waals surface area contributed by atoms with Crippen LogP contribution in [0.1, 0.15) is 11.3 Å². The summed E-state index contributed by atoms with van der Waals surface area (Å²) in [5.41, 5.74) is 1.87. The van der Waals surface area contributed by atoms with E-state index in [4.69, 9.17) is 4.74 Å². The summed E-state index contributed by atoms with van der Waals surface area (Å²) in [6.07, 6.45) is 1.96. The smallest absolute Gasteiger partial charge is 0.254 e. The van der Waals surface area contributed by atoms with Gasteiger partial charge in [-0.2, -0.15) is 4.57 Å². The molecule has 1 unspecified atom stereocenters. The average molecular weight is 228 g/mol. The first-order valence-electron chi connectivity index (χ1n) is 5.67. The number of aliphatic hydroxyl groups is 1. The summed E-state index contributed by atoms with van der Waals surface area (Å²) in [4.78, 5) is 0. The highest BCUT2D eigenvalue weighted by atomic mass is 16.6. The molecule has 3 nitrogen and oxygen atoms in total. The van der Waals surface area contributed by atoms with Crippen LogP contribution in [0.15, 0.2) is 54.7 Å². The van der Waals surface area contributed by atoms with Gasteiger partial charge in [0.25, 0.3) is 5.79 Å². The largest absolute Gasteiger partial charge is 0.357 e. The molecule has 0 saturated carbocycles. The second kappa shape index (κ2) is 3.95. The van der Waals surface area contributed by atoms with Crippen LogP contribution in [0, 0.1) is 0 Å². The lowest BCUT2D eigenvalue weighted by molar-refractivity contribution is -0.745. The number of nitrogens with zero attached hydrogens (tertiary/aromatic N) is 1. The Morgan fingerprint density at radius 2 is 1.82 bits per heavy atom. The number of ether oxygens (including phenoxy) is 1. The zero-order valence-corrected chi connectivity index (χ0v) is 9.41. The maximum Gasteiger partial charge on any atom is 0.254 e. The molecule has 2 heterocycles. The van der Waals surface area contributed by atoms with Crippen molar-refractivity contribution in [2.24, 2.45) is 0 Å². The Hall–Kier alpha value is -1.71. The van der Waals surface area contributed by atoms with Gasteiger partial charge in [-0.05, 0) is 0 Å². The van der Waals surface area contributed by atoms with Crippen molar-refractivity contribution in [2.75, 3.05) is 0 Å². The molecule has 17 heavy (non-hydrogen) atoms. The lowest BCUT2D eigenvalue weighted by atomic mass is 10.0. The second-order valence-corrected chi connectivity index (χ2v) is 4.26. The first-order chi connectivity index (χ1) is 8.28. The van der Waals surface area contributed by atoms with Gasteiger partial charge in [0.1, 0.15) is 6.61 Å². The summed E-state index contributed by atoms with van der Waals surface area (Å²) < 4.78 is 7.64. The molecule has 3 heteroatoms. The van der Waals surface area contributed by atoms with Gasteiger partial charge in [-0.1, -0.05) is 36.4 Å². The number of rotatable bonds is 1. The number of benzene rings is 1. The van der Waals surface area contributed by atoms with Gasteiger partial charge >= 0.3 is 0 Å². The van der Waals surface area contributed by atoms with Crippen molar-refractivity contribution in [3.63, 3.8) is 0 Å². The Morgan fingerprint density at radius 1 is 1.06 bits per heavy atom. The van der Waals surface area contributed by atoms with E-state index in [-0.39, 0.29) is 0 Å². The average Bonchev–Trinajstić information content (AvgIpc) is 2.40. The van der Waals surface area contributed by atoms with E-state index in [9.17, 15) is 5.11 Å². The molecular weight excluding hydrogens is 214 g/mol. The third-order valence-corrected chi connectivity index (χ3v) is 3.10. The fourth-order valence-corrected chi connectivity index (χ4v) is 2.14.